The highest BCUT2D eigenvalue weighted by atomic mass is 16.5. The fourth-order valence-electron chi connectivity index (χ4n) is 2.26. The van der Waals surface area contributed by atoms with Crippen molar-refractivity contribution >= 4 is 18.1 Å². The molecule has 0 saturated heterocycles. The number of carboxylic acids is 1. The van der Waals surface area contributed by atoms with E-state index in [0.29, 0.717) is 5.75 Å². The van der Waals surface area contributed by atoms with Gasteiger partial charge in [0.25, 0.3) is 0 Å². The number of ether oxygens (including phenoxy) is 2. The molecule has 130 valence electrons. The zero-order valence-electron chi connectivity index (χ0n) is 13.9. The molecule has 2 aromatic carbocycles. The van der Waals surface area contributed by atoms with Crippen LogP contribution in [0.5, 0.6) is 11.5 Å². The van der Waals surface area contributed by atoms with Gasteiger partial charge in [-0.2, -0.15) is 5.10 Å². The van der Waals surface area contributed by atoms with Gasteiger partial charge >= 0.3 is 5.97 Å². The Morgan fingerprint density at radius 2 is 1.84 bits per heavy atom. The number of hydrazone groups is 1. The summed E-state index contributed by atoms with van der Waals surface area (Å²) in [5.74, 6) is -1.10. The molecule has 0 aliphatic heterocycles. The van der Waals surface area contributed by atoms with Crippen molar-refractivity contribution in [2.45, 2.75) is 6.42 Å². The van der Waals surface area contributed by atoms with Crippen molar-refractivity contribution in [1.29, 1.82) is 0 Å². The number of amides is 1. The Balaban J connectivity index is 2.15. The maximum absolute atomic E-state index is 11.9. The Labute approximate surface area is 144 Å². The van der Waals surface area contributed by atoms with Gasteiger partial charge < -0.3 is 14.6 Å². The summed E-state index contributed by atoms with van der Waals surface area (Å²) in [5, 5.41) is 13.2. The van der Waals surface area contributed by atoms with E-state index in [1.165, 1.54) is 26.5 Å². The van der Waals surface area contributed by atoms with E-state index in [1.54, 1.807) is 6.07 Å². The summed E-state index contributed by atoms with van der Waals surface area (Å²) >= 11 is 0. The Morgan fingerprint density at radius 1 is 1.12 bits per heavy atom. The lowest BCUT2D eigenvalue weighted by Gasteiger charge is -2.12. The van der Waals surface area contributed by atoms with Crippen LogP contribution < -0.4 is 14.9 Å². The highest BCUT2D eigenvalue weighted by Gasteiger charge is 2.20. The Morgan fingerprint density at radius 3 is 2.44 bits per heavy atom. The Kier molecular flexibility index (Phi) is 6.11. The van der Waals surface area contributed by atoms with Gasteiger partial charge in [-0.25, -0.2) is 10.2 Å². The van der Waals surface area contributed by atoms with E-state index in [1.807, 2.05) is 30.3 Å². The first-order chi connectivity index (χ1) is 12.1. The number of nitrogens with one attached hydrogen (secondary N) is 1. The van der Waals surface area contributed by atoms with Gasteiger partial charge in [-0.05, 0) is 17.7 Å². The molecule has 0 heterocycles. The third-order valence-electron chi connectivity index (χ3n) is 3.39. The van der Waals surface area contributed by atoms with Crippen LogP contribution in [0.4, 0.5) is 0 Å². The second-order valence-electron chi connectivity index (χ2n) is 5.03. The van der Waals surface area contributed by atoms with E-state index in [2.05, 4.69) is 10.5 Å². The van der Waals surface area contributed by atoms with E-state index >= 15 is 0 Å². The zero-order valence-corrected chi connectivity index (χ0v) is 13.9. The van der Waals surface area contributed by atoms with E-state index in [-0.39, 0.29) is 29.2 Å². The molecule has 2 N–H and O–H groups in total. The molecular formula is C18H18N2O5. The van der Waals surface area contributed by atoms with E-state index in [0.717, 1.165) is 5.56 Å². The van der Waals surface area contributed by atoms with Gasteiger partial charge in [0.2, 0.25) is 5.91 Å². The monoisotopic (exact) mass is 342 g/mol. The van der Waals surface area contributed by atoms with Crippen LogP contribution in [0.15, 0.2) is 47.6 Å². The van der Waals surface area contributed by atoms with Crippen molar-refractivity contribution in [2.75, 3.05) is 14.2 Å². The van der Waals surface area contributed by atoms with Gasteiger partial charge in [-0.3, -0.25) is 4.79 Å². The summed E-state index contributed by atoms with van der Waals surface area (Å²) in [6.45, 7) is 0. The number of hydrogen-bond acceptors (Lipinski definition) is 5. The van der Waals surface area contributed by atoms with Crippen molar-refractivity contribution in [3.8, 4) is 11.5 Å². The van der Waals surface area contributed by atoms with E-state index < -0.39 is 5.97 Å². The molecule has 0 fully saturated rings. The first kappa shape index (κ1) is 18.0. The summed E-state index contributed by atoms with van der Waals surface area (Å²) in [6, 6.07) is 12.3. The van der Waals surface area contributed by atoms with E-state index in [4.69, 9.17) is 9.47 Å². The quantitative estimate of drug-likeness (QED) is 0.593. The molecule has 0 unspecified atom stereocenters. The fraction of sp³-hybridized carbons (Fsp3) is 0.167. The lowest BCUT2D eigenvalue weighted by molar-refractivity contribution is -0.120. The van der Waals surface area contributed by atoms with Crippen LogP contribution >= 0.6 is 0 Å². The molecular weight excluding hydrogens is 324 g/mol. The predicted molar refractivity (Wildman–Crippen MR) is 92.4 cm³/mol. The van der Waals surface area contributed by atoms with Gasteiger partial charge in [0.1, 0.15) is 5.56 Å². The number of carbonyl (C=O) groups is 2. The van der Waals surface area contributed by atoms with E-state index in [9.17, 15) is 14.7 Å². The van der Waals surface area contributed by atoms with Crippen molar-refractivity contribution < 1.29 is 24.2 Å². The summed E-state index contributed by atoms with van der Waals surface area (Å²) in [7, 11) is 2.77. The summed E-state index contributed by atoms with van der Waals surface area (Å²) in [5.41, 5.74) is 3.42. The Hall–Kier alpha value is -3.35. The molecule has 0 spiro atoms. The van der Waals surface area contributed by atoms with Crippen molar-refractivity contribution in [3.05, 3.63) is 59.2 Å². The standard InChI is InChI=1S/C18H18N2O5/c1-24-14-9-8-13(16(18(22)23)17(14)25-2)11-19-20-15(21)10-12-6-4-3-5-7-12/h3-9,11H,10H2,1-2H3,(H,20,21)(H,22,23). The second-order valence-corrected chi connectivity index (χ2v) is 5.03. The van der Waals surface area contributed by atoms with Crippen molar-refractivity contribution in [1.82, 2.24) is 5.43 Å². The number of rotatable bonds is 7. The van der Waals surface area contributed by atoms with Gasteiger partial charge in [-0.15, -0.1) is 0 Å². The van der Waals surface area contributed by atoms with Crippen molar-refractivity contribution in [3.63, 3.8) is 0 Å². The highest BCUT2D eigenvalue weighted by Crippen LogP contribution is 2.32. The van der Waals surface area contributed by atoms with Gasteiger partial charge in [0.15, 0.2) is 11.5 Å². The van der Waals surface area contributed by atoms with Crippen LogP contribution in [-0.4, -0.2) is 37.4 Å². The Bertz CT molecular complexity index is 788. The van der Waals surface area contributed by atoms with Crippen LogP contribution in [0, 0.1) is 0 Å². The van der Waals surface area contributed by atoms with Crippen LogP contribution in [-0.2, 0) is 11.2 Å². The van der Waals surface area contributed by atoms with Crippen LogP contribution in [0.1, 0.15) is 21.5 Å². The molecule has 25 heavy (non-hydrogen) atoms. The predicted octanol–water partition coefficient (Wildman–Crippen LogP) is 2.09. The average molecular weight is 342 g/mol. The molecule has 7 heteroatoms. The largest absolute Gasteiger partial charge is 0.493 e. The molecule has 0 aliphatic carbocycles. The molecule has 1 amide bonds. The first-order valence-corrected chi connectivity index (χ1v) is 7.41. The molecule has 0 bridgehead atoms. The SMILES string of the molecule is COc1ccc(C=NNC(=O)Cc2ccccc2)c(C(=O)O)c1OC. The van der Waals surface area contributed by atoms with Gasteiger partial charge in [0, 0.05) is 5.56 Å². The van der Waals surface area contributed by atoms with Crippen LogP contribution in [0.25, 0.3) is 0 Å². The van der Waals surface area contributed by atoms with Crippen molar-refractivity contribution in [2.24, 2.45) is 5.10 Å². The second kappa shape index (κ2) is 8.49. The molecule has 0 saturated carbocycles. The third kappa shape index (κ3) is 4.57. The number of methoxy groups -OCH3 is 2. The van der Waals surface area contributed by atoms with Gasteiger partial charge in [-0.1, -0.05) is 30.3 Å². The maximum atomic E-state index is 11.9. The summed E-state index contributed by atoms with van der Waals surface area (Å²) in [4.78, 5) is 23.4. The molecule has 0 radical (unpaired) electrons. The van der Waals surface area contributed by atoms with Gasteiger partial charge in [0.05, 0.1) is 26.9 Å². The number of aromatic carboxylic acids is 1. The number of benzene rings is 2. The third-order valence-corrected chi connectivity index (χ3v) is 3.39. The highest BCUT2D eigenvalue weighted by molar-refractivity contribution is 6.02. The average Bonchev–Trinajstić information content (AvgIpc) is 2.61. The molecule has 0 aliphatic rings. The molecule has 0 aromatic heterocycles. The molecule has 0 atom stereocenters. The summed E-state index contributed by atoms with van der Waals surface area (Å²) < 4.78 is 10.2. The maximum Gasteiger partial charge on any atom is 0.340 e. The lowest BCUT2D eigenvalue weighted by atomic mass is 10.1. The van der Waals surface area contributed by atoms with Crippen LogP contribution in [0.3, 0.4) is 0 Å². The lowest BCUT2D eigenvalue weighted by Crippen LogP contribution is -2.20. The first-order valence-electron chi connectivity index (χ1n) is 7.41. The minimum absolute atomic E-state index is 0.0922. The molecule has 2 rings (SSSR count). The minimum atomic E-state index is -1.19. The molecule has 7 nitrogen and oxygen atoms in total. The fourth-order valence-corrected chi connectivity index (χ4v) is 2.26. The number of carboxylic acid groups (broad SMARTS) is 1. The number of hydrogen-bond donors (Lipinski definition) is 2. The zero-order chi connectivity index (χ0) is 18.2. The smallest absolute Gasteiger partial charge is 0.340 e. The van der Waals surface area contributed by atoms with Crippen LogP contribution in [0.2, 0.25) is 0 Å². The minimum Gasteiger partial charge on any atom is -0.493 e. The topological polar surface area (TPSA) is 97.2 Å². The normalized spacial score (nSPS) is 10.5. The molecule has 2 aromatic rings. The summed E-state index contributed by atoms with van der Waals surface area (Å²) in [6.07, 6.45) is 1.43. The number of nitrogens with zero attached hydrogens (tertiary/aromatic N) is 1. The number of carbonyl (C=O) groups excluding carboxylic acids is 1.